The van der Waals surface area contributed by atoms with Gasteiger partial charge in [0.25, 0.3) is 0 Å². The molecule has 0 aliphatic rings. The van der Waals surface area contributed by atoms with Crippen molar-refractivity contribution in [2.75, 3.05) is 0 Å². The van der Waals surface area contributed by atoms with Crippen LogP contribution < -0.4 is 0 Å². The van der Waals surface area contributed by atoms with Crippen LogP contribution in [0.4, 0.5) is 0 Å². The molecule has 2 unspecified atom stereocenters. The maximum Gasteiger partial charge on any atom is -0.0293 e. The van der Waals surface area contributed by atoms with Gasteiger partial charge >= 0.3 is 0 Å². The number of hydrogen-bond donors (Lipinski definition) is 0. The fourth-order valence-electron chi connectivity index (χ4n) is 4.16. The van der Waals surface area contributed by atoms with E-state index in [2.05, 4.69) is 69.2 Å². The van der Waals surface area contributed by atoms with E-state index >= 15 is 0 Å². The predicted octanol–water partition coefficient (Wildman–Crippen LogP) is 6.65. The summed E-state index contributed by atoms with van der Waals surface area (Å²) in [6.07, 6.45) is 2.73. The molecule has 0 aromatic rings. The van der Waals surface area contributed by atoms with Crippen LogP contribution in [0.1, 0.15) is 82.1 Å². The molecule has 0 spiro atoms. The van der Waals surface area contributed by atoms with Crippen molar-refractivity contribution < 1.29 is 0 Å². The first-order valence-corrected chi connectivity index (χ1v) is 8.50. The maximum atomic E-state index is 2.53. The van der Waals surface area contributed by atoms with Crippen LogP contribution in [0.3, 0.4) is 0 Å². The van der Waals surface area contributed by atoms with Crippen molar-refractivity contribution in [1.82, 2.24) is 0 Å². The van der Waals surface area contributed by atoms with Gasteiger partial charge in [0, 0.05) is 0 Å². The standard InChI is InChI=1S/C19H40/c1-13(2)11-17(15(5)6)19(9,10)18(16(7)8)12-14(3)4/h13-18H,11-12H2,1-10H3. The molecule has 0 aliphatic carbocycles. The van der Waals surface area contributed by atoms with Crippen molar-refractivity contribution in [2.24, 2.45) is 40.9 Å². The van der Waals surface area contributed by atoms with Gasteiger partial charge in [-0.15, -0.1) is 0 Å². The molecule has 0 aromatic heterocycles. The van der Waals surface area contributed by atoms with Gasteiger partial charge in [0.2, 0.25) is 0 Å². The minimum absolute atomic E-state index is 0.441. The van der Waals surface area contributed by atoms with Gasteiger partial charge in [-0.05, 0) is 53.8 Å². The lowest BCUT2D eigenvalue weighted by molar-refractivity contribution is 0.0246. The molecule has 0 radical (unpaired) electrons. The molecule has 19 heavy (non-hydrogen) atoms. The molecule has 0 heteroatoms. The molecule has 0 bridgehead atoms. The molecule has 0 saturated carbocycles. The third-order valence-corrected chi connectivity index (χ3v) is 4.97. The van der Waals surface area contributed by atoms with Gasteiger partial charge in [-0.25, -0.2) is 0 Å². The predicted molar refractivity (Wildman–Crippen MR) is 89.3 cm³/mol. The molecule has 0 amide bonds. The number of hydrogen-bond acceptors (Lipinski definition) is 0. The summed E-state index contributed by atoms with van der Waals surface area (Å²) < 4.78 is 0. The molecule has 0 N–H and O–H groups in total. The lowest BCUT2D eigenvalue weighted by Gasteiger charge is -2.46. The zero-order valence-corrected chi connectivity index (χ0v) is 15.4. The van der Waals surface area contributed by atoms with E-state index in [1.807, 2.05) is 0 Å². The fourth-order valence-corrected chi connectivity index (χ4v) is 4.16. The van der Waals surface area contributed by atoms with Crippen LogP contribution in [0.2, 0.25) is 0 Å². The van der Waals surface area contributed by atoms with Gasteiger partial charge in [-0.2, -0.15) is 0 Å². The Morgan fingerprint density at radius 1 is 0.579 bits per heavy atom. The normalized spacial score (nSPS) is 16.7. The van der Waals surface area contributed by atoms with Crippen LogP contribution in [0.25, 0.3) is 0 Å². The Labute approximate surface area is 123 Å². The van der Waals surface area contributed by atoms with Crippen LogP contribution >= 0.6 is 0 Å². The molecule has 116 valence electrons. The summed E-state index contributed by atoms with van der Waals surface area (Å²) in [4.78, 5) is 0. The molecule has 2 atom stereocenters. The highest BCUT2D eigenvalue weighted by Gasteiger charge is 2.40. The van der Waals surface area contributed by atoms with E-state index in [9.17, 15) is 0 Å². The van der Waals surface area contributed by atoms with E-state index in [0.29, 0.717) is 5.41 Å². The molecule has 0 heterocycles. The monoisotopic (exact) mass is 268 g/mol. The van der Waals surface area contributed by atoms with Crippen molar-refractivity contribution in [2.45, 2.75) is 82.1 Å². The van der Waals surface area contributed by atoms with Crippen LogP contribution in [0.5, 0.6) is 0 Å². The Hall–Kier alpha value is 0. The largest absolute Gasteiger partial charge is 0.0628 e. The molecular weight excluding hydrogens is 228 g/mol. The van der Waals surface area contributed by atoms with Crippen molar-refractivity contribution in [3.63, 3.8) is 0 Å². The minimum Gasteiger partial charge on any atom is -0.0628 e. The Bertz CT molecular complexity index is 208. The van der Waals surface area contributed by atoms with Gasteiger partial charge < -0.3 is 0 Å². The third-order valence-electron chi connectivity index (χ3n) is 4.97. The van der Waals surface area contributed by atoms with E-state index in [4.69, 9.17) is 0 Å². The third kappa shape index (κ3) is 5.88. The van der Waals surface area contributed by atoms with Crippen molar-refractivity contribution in [1.29, 1.82) is 0 Å². The average Bonchev–Trinajstić information content (AvgIpc) is 2.20. The van der Waals surface area contributed by atoms with Crippen LogP contribution in [-0.2, 0) is 0 Å². The summed E-state index contributed by atoms with van der Waals surface area (Å²) in [5.41, 5.74) is 0.441. The smallest absolute Gasteiger partial charge is 0.0293 e. The average molecular weight is 269 g/mol. The lowest BCUT2D eigenvalue weighted by Crippen LogP contribution is -2.39. The summed E-state index contributed by atoms with van der Waals surface area (Å²) in [6.45, 7) is 24.2. The molecule has 0 fully saturated rings. The second-order valence-electron chi connectivity index (χ2n) is 8.78. The Kier molecular flexibility index (Phi) is 7.70. The van der Waals surface area contributed by atoms with Crippen molar-refractivity contribution in [3.8, 4) is 0 Å². The van der Waals surface area contributed by atoms with Crippen LogP contribution in [0.15, 0.2) is 0 Å². The molecule has 0 rings (SSSR count). The molecule has 0 aliphatic heterocycles. The first-order chi connectivity index (χ1) is 8.50. The van der Waals surface area contributed by atoms with E-state index in [-0.39, 0.29) is 0 Å². The highest BCUT2D eigenvalue weighted by molar-refractivity contribution is 4.89. The summed E-state index contributed by atoms with van der Waals surface area (Å²) in [5.74, 6) is 4.84. The zero-order chi connectivity index (χ0) is 15.4. The SMILES string of the molecule is CC(C)CC(C(C)C)C(C)(C)C(CC(C)C)C(C)C. The molecule has 0 saturated heterocycles. The summed E-state index contributed by atoms with van der Waals surface area (Å²) in [6, 6.07) is 0. The minimum atomic E-state index is 0.441. The first kappa shape index (κ1) is 19.0. The van der Waals surface area contributed by atoms with Gasteiger partial charge in [0.05, 0.1) is 0 Å². The quantitative estimate of drug-likeness (QED) is 0.462. The van der Waals surface area contributed by atoms with Gasteiger partial charge in [-0.3, -0.25) is 0 Å². The second-order valence-corrected chi connectivity index (χ2v) is 8.78. The van der Waals surface area contributed by atoms with Gasteiger partial charge in [-0.1, -0.05) is 69.2 Å². The van der Waals surface area contributed by atoms with Crippen molar-refractivity contribution in [3.05, 3.63) is 0 Å². The first-order valence-electron chi connectivity index (χ1n) is 8.50. The highest BCUT2D eigenvalue weighted by Crippen LogP contribution is 2.47. The van der Waals surface area contributed by atoms with Crippen molar-refractivity contribution >= 4 is 0 Å². The zero-order valence-electron chi connectivity index (χ0n) is 15.4. The summed E-state index contributed by atoms with van der Waals surface area (Å²) in [7, 11) is 0. The maximum absolute atomic E-state index is 2.53. The molecule has 0 nitrogen and oxygen atoms in total. The second kappa shape index (κ2) is 7.70. The summed E-state index contributed by atoms with van der Waals surface area (Å²) in [5, 5.41) is 0. The Balaban J connectivity index is 5.21. The van der Waals surface area contributed by atoms with Crippen LogP contribution in [0, 0.1) is 40.9 Å². The Morgan fingerprint density at radius 2 is 0.842 bits per heavy atom. The van der Waals surface area contributed by atoms with Crippen LogP contribution in [-0.4, -0.2) is 0 Å². The van der Waals surface area contributed by atoms with Gasteiger partial charge in [0.15, 0.2) is 0 Å². The van der Waals surface area contributed by atoms with E-state index in [0.717, 1.165) is 35.5 Å². The van der Waals surface area contributed by atoms with Gasteiger partial charge in [0.1, 0.15) is 0 Å². The molecule has 0 aromatic carbocycles. The molecular formula is C19H40. The van der Waals surface area contributed by atoms with E-state index < -0.39 is 0 Å². The topological polar surface area (TPSA) is 0 Å². The fraction of sp³-hybridized carbons (Fsp3) is 1.00. The number of rotatable bonds is 8. The highest BCUT2D eigenvalue weighted by atomic mass is 14.4. The summed E-state index contributed by atoms with van der Waals surface area (Å²) >= 11 is 0. The van der Waals surface area contributed by atoms with E-state index in [1.165, 1.54) is 12.8 Å². The lowest BCUT2D eigenvalue weighted by atomic mass is 9.59. The van der Waals surface area contributed by atoms with E-state index in [1.54, 1.807) is 0 Å². The Morgan fingerprint density at radius 3 is 1.00 bits per heavy atom.